The number of aromatic nitrogens is 1. The number of hydrogen-bond acceptors (Lipinski definition) is 2. The summed E-state index contributed by atoms with van der Waals surface area (Å²) in [4.78, 5) is 31.3. The lowest BCUT2D eigenvalue weighted by molar-refractivity contribution is -0.138. The molecule has 5 nitrogen and oxygen atoms in total. The van der Waals surface area contributed by atoms with Crippen molar-refractivity contribution in [1.82, 2.24) is 14.8 Å². The molecule has 3 rings (SSSR count). The first-order valence-electron chi connectivity index (χ1n) is 8.04. The number of rotatable bonds is 4. The Hall–Kier alpha value is -2.27. The average molecular weight is 346 g/mol. The van der Waals surface area contributed by atoms with Gasteiger partial charge in [0, 0.05) is 43.1 Å². The average Bonchev–Trinajstić information content (AvgIpc) is 3.08. The molecule has 0 bridgehead atoms. The van der Waals surface area contributed by atoms with Crippen molar-refractivity contribution < 1.29 is 9.59 Å². The number of carbonyl (C=O) groups is 2. The topological polar surface area (TPSA) is 56.4 Å². The summed E-state index contributed by atoms with van der Waals surface area (Å²) < 4.78 is 0. The van der Waals surface area contributed by atoms with E-state index in [1.54, 1.807) is 6.07 Å². The quantitative estimate of drug-likeness (QED) is 0.922. The molecule has 1 N–H and O–H groups in total. The number of nitrogens with one attached hydrogen (secondary N) is 1. The number of amides is 2. The standard InChI is InChI=1S/C18H20ClN3O2/c19-15-4-1-3-14(11-15)12-17(23)21-7-9-22(10-8-21)18(24)13-16-5-2-6-20-16/h1-6,11,20H,7-10,12-13H2. The zero-order chi connectivity index (χ0) is 16.9. The Bertz CT molecular complexity index is 707. The van der Waals surface area contributed by atoms with Gasteiger partial charge in [0.25, 0.3) is 0 Å². The Morgan fingerprint density at radius 2 is 1.62 bits per heavy atom. The monoisotopic (exact) mass is 345 g/mol. The molecule has 24 heavy (non-hydrogen) atoms. The van der Waals surface area contributed by atoms with Gasteiger partial charge in [-0.3, -0.25) is 9.59 Å². The molecule has 0 aliphatic carbocycles. The van der Waals surface area contributed by atoms with E-state index in [4.69, 9.17) is 11.6 Å². The highest BCUT2D eigenvalue weighted by molar-refractivity contribution is 6.30. The molecule has 1 fully saturated rings. The summed E-state index contributed by atoms with van der Waals surface area (Å²) in [7, 11) is 0. The molecule has 0 spiro atoms. The van der Waals surface area contributed by atoms with E-state index in [1.807, 2.05) is 46.3 Å². The largest absolute Gasteiger partial charge is 0.365 e. The zero-order valence-corrected chi connectivity index (χ0v) is 14.1. The summed E-state index contributed by atoms with van der Waals surface area (Å²) in [6, 6.07) is 11.2. The lowest BCUT2D eigenvalue weighted by Crippen LogP contribution is -2.51. The summed E-state index contributed by atoms with van der Waals surface area (Å²) in [6.07, 6.45) is 2.54. The van der Waals surface area contributed by atoms with Crippen LogP contribution in [0.1, 0.15) is 11.3 Å². The molecule has 0 unspecified atom stereocenters. The molecular weight excluding hydrogens is 326 g/mol. The minimum Gasteiger partial charge on any atom is -0.365 e. The highest BCUT2D eigenvalue weighted by atomic mass is 35.5. The third-order valence-electron chi connectivity index (χ3n) is 4.23. The van der Waals surface area contributed by atoms with Crippen molar-refractivity contribution in [1.29, 1.82) is 0 Å². The van der Waals surface area contributed by atoms with Crippen LogP contribution in [0.15, 0.2) is 42.6 Å². The van der Waals surface area contributed by atoms with Gasteiger partial charge in [-0.05, 0) is 29.8 Å². The lowest BCUT2D eigenvalue weighted by Gasteiger charge is -2.35. The Balaban J connectivity index is 1.49. The van der Waals surface area contributed by atoms with Crippen LogP contribution in [0.5, 0.6) is 0 Å². The molecule has 2 heterocycles. The van der Waals surface area contributed by atoms with Gasteiger partial charge in [0.2, 0.25) is 11.8 Å². The molecule has 0 saturated carbocycles. The molecule has 1 aliphatic rings. The molecule has 6 heteroatoms. The van der Waals surface area contributed by atoms with Crippen LogP contribution in [0.2, 0.25) is 5.02 Å². The van der Waals surface area contributed by atoms with Crippen LogP contribution in [-0.2, 0) is 22.4 Å². The normalized spacial score (nSPS) is 14.7. The number of aromatic amines is 1. The van der Waals surface area contributed by atoms with Crippen molar-refractivity contribution in [3.63, 3.8) is 0 Å². The maximum atomic E-state index is 12.4. The molecule has 126 valence electrons. The minimum absolute atomic E-state index is 0.0775. The lowest BCUT2D eigenvalue weighted by atomic mass is 10.1. The van der Waals surface area contributed by atoms with Gasteiger partial charge >= 0.3 is 0 Å². The highest BCUT2D eigenvalue weighted by Crippen LogP contribution is 2.13. The fourth-order valence-electron chi connectivity index (χ4n) is 2.89. The van der Waals surface area contributed by atoms with Gasteiger partial charge in [0.05, 0.1) is 12.8 Å². The molecule has 2 aromatic rings. The minimum atomic E-state index is 0.0775. The predicted octanol–water partition coefficient (Wildman–Crippen LogP) is 2.12. The molecule has 1 saturated heterocycles. The third kappa shape index (κ3) is 4.17. The summed E-state index contributed by atoms with van der Waals surface area (Å²) >= 11 is 5.95. The van der Waals surface area contributed by atoms with Crippen molar-refractivity contribution in [2.24, 2.45) is 0 Å². The SMILES string of the molecule is O=C(Cc1cccc(Cl)c1)N1CCN(C(=O)Cc2ccc[nH]2)CC1. The van der Waals surface area contributed by atoms with Gasteiger partial charge in [-0.1, -0.05) is 23.7 Å². The predicted molar refractivity (Wildman–Crippen MR) is 92.8 cm³/mol. The number of benzene rings is 1. The van der Waals surface area contributed by atoms with Gasteiger partial charge in [0.1, 0.15) is 0 Å². The molecular formula is C18H20ClN3O2. The maximum absolute atomic E-state index is 12.4. The fourth-order valence-corrected chi connectivity index (χ4v) is 3.10. The Labute approximate surface area is 146 Å². The van der Waals surface area contributed by atoms with E-state index in [0.717, 1.165) is 11.3 Å². The van der Waals surface area contributed by atoms with Crippen LogP contribution in [0.3, 0.4) is 0 Å². The second-order valence-corrected chi connectivity index (χ2v) is 6.38. The van der Waals surface area contributed by atoms with Crippen LogP contribution in [0.4, 0.5) is 0 Å². The fraction of sp³-hybridized carbons (Fsp3) is 0.333. The first-order chi connectivity index (χ1) is 11.6. The number of piperazine rings is 1. The maximum Gasteiger partial charge on any atom is 0.228 e. The molecule has 0 atom stereocenters. The van der Waals surface area contributed by atoms with Crippen LogP contribution in [-0.4, -0.2) is 52.8 Å². The van der Waals surface area contributed by atoms with E-state index in [2.05, 4.69) is 4.98 Å². The van der Waals surface area contributed by atoms with Crippen LogP contribution in [0.25, 0.3) is 0 Å². The van der Waals surface area contributed by atoms with Gasteiger partial charge in [-0.2, -0.15) is 0 Å². The Kier molecular flexibility index (Phi) is 5.20. The third-order valence-corrected chi connectivity index (χ3v) is 4.47. The first-order valence-corrected chi connectivity index (χ1v) is 8.42. The summed E-state index contributed by atoms with van der Waals surface area (Å²) in [5.41, 5.74) is 1.83. The van der Waals surface area contributed by atoms with Gasteiger partial charge in [-0.15, -0.1) is 0 Å². The summed E-state index contributed by atoms with van der Waals surface area (Å²) in [5.74, 6) is 0.174. The zero-order valence-electron chi connectivity index (χ0n) is 13.4. The number of H-pyrrole nitrogens is 1. The number of carbonyl (C=O) groups excluding carboxylic acids is 2. The molecule has 1 aliphatic heterocycles. The Morgan fingerprint density at radius 1 is 0.958 bits per heavy atom. The van der Waals surface area contributed by atoms with Crippen molar-refractivity contribution >= 4 is 23.4 Å². The summed E-state index contributed by atoms with van der Waals surface area (Å²) in [6.45, 7) is 2.33. The number of halogens is 1. The second kappa shape index (κ2) is 7.53. The Morgan fingerprint density at radius 3 is 2.21 bits per heavy atom. The van der Waals surface area contributed by atoms with E-state index in [-0.39, 0.29) is 11.8 Å². The molecule has 1 aromatic heterocycles. The van der Waals surface area contributed by atoms with Gasteiger partial charge in [-0.25, -0.2) is 0 Å². The van der Waals surface area contributed by atoms with Crippen LogP contribution in [0, 0.1) is 0 Å². The highest BCUT2D eigenvalue weighted by Gasteiger charge is 2.24. The van der Waals surface area contributed by atoms with Crippen LogP contribution < -0.4 is 0 Å². The van der Waals surface area contributed by atoms with Crippen LogP contribution >= 0.6 is 11.6 Å². The summed E-state index contributed by atoms with van der Waals surface area (Å²) in [5, 5.41) is 0.639. The van der Waals surface area contributed by atoms with E-state index >= 15 is 0 Å². The molecule has 2 amide bonds. The number of hydrogen-bond donors (Lipinski definition) is 1. The second-order valence-electron chi connectivity index (χ2n) is 5.94. The molecule has 1 aromatic carbocycles. The van der Waals surface area contributed by atoms with Crippen molar-refractivity contribution in [2.45, 2.75) is 12.8 Å². The smallest absolute Gasteiger partial charge is 0.228 e. The van der Waals surface area contributed by atoms with Gasteiger partial charge < -0.3 is 14.8 Å². The van der Waals surface area contributed by atoms with E-state index < -0.39 is 0 Å². The van der Waals surface area contributed by atoms with E-state index in [0.29, 0.717) is 44.0 Å². The van der Waals surface area contributed by atoms with Gasteiger partial charge in [0.15, 0.2) is 0 Å². The van der Waals surface area contributed by atoms with Crippen molar-refractivity contribution in [3.05, 3.63) is 58.9 Å². The van der Waals surface area contributed by atoms with Crippen molar-refractivity contribution in [3.8, 4) is 0 Å². The molecule has 0 radical (unpaired) electrons. The van der Waals surface area contributed by atoms with Crippen molar-refractivity contribution in [2.75, 3.05) is 26.2 Å². The number of nitrogens with zero attached hydrogens (tertiary/aromatic N) is 2. The van der Waals surface area contributed by atoms with E-state index in [9.17, 15) is 9.59 Å². The van der Waals surface area contributed by atoms with E-state index in [1.165, 1.54) is 0 Å². The first kappa shape index (κ1) is 16.6.